The Bertz CT molecular complexity index is 748. The summed E-state index contributed by atoms with van der Waals surface area (Å²) in [5.41, 5.74) is 2.97. The number of rotatable bonds is 5. The fourth-order valence-corrected chi connectivity index (χ4v) is 2.49. The van der Waals surface area contributed by atoms with E-state index in [1.54, 1.807) is 6.07 Å². The van der Waals surface area contributed by atoms with Crippen molar-refractivity contribution in [3.05, 3.63) is 47.3 Å². The van der Waals surface area contributed by atoms with E-state index in [9.17, 15) is 4.79 Å². The standard InChI is InChI=1S/C20H28N4O/c1-13(2)12-21-19-22-14(3)11-17(24-19)18(25)23-16-10-8-7-9-15(16)20(4,5)6/h7-11,13H,12H2,1-6H3,(H,23,25)(H,21,22,24). The van der Waals surface area contributed by atoms with E-state index in [2.05, 4.69) is 55.2 Å². The van der Waals surface area contributed by atoms with E-state index in [1.165, 1.54) is 0 Å². The van der Waals surface area contributed by atoms with Crippen LogP contribution in [0.1, 0.15) is 56.4 Å². The van der Waals surface area contributed by atoms with E-state index in [4.69, 9.17) is 0 Å². The first kappa shape index (κ1) is 18.9. The molecule has 0 atom stereocenters. The van der Waals surface area contributed by atoms with Crippen LogP contribution < -0.4 is 10.6 Å². The first-order valence-electron chi connectivity index (χ1n) is 8.67. The molecule has 1 aromatic carbocycles. The van der Waals surface area contributed by atoms with Gasteiger partial charge in [0.1, 0.15) is 5.69 Å². The highest BCUT2D eigenvalue weighted by Gasteiger charge is 2.19. The Labute approximate surface area is 150 Å². The third kappa shape index (κ3) is 5.28. The van der Waals surface area contributed by atoms with Gasteiger partial charge in [-0.15, -0.1) is 0 Å². The molecule has 0 spiro atoms. The number of amides is 1. The van der Waals surface area contributed by atoms with Crippen LogP contribution in [0.15, 0.2) is 30.3 Å². The summed E-state index contributed by atoms with van der Waals surface area (Å²) in [5.74, 6) is 0.734. The number of benzene rings is 1. The molecule has 0 aliphatic rings. The van der Waals surface area contributed by atoms with Gasteiger partial charge in [0, 0.05) is 17.9 Å². The fourth-order valence-electron chi connectivity index (χ4n) is 2.49. The van der Waals surface area contributed by atoms with Crippen molar-refractivity contribution in [1.29, 1.82) is 0 Å². The molecule has 2 aromatic rings. The van der Waals surface area contributed by atoms with Crippen molar-refractivity contribution >= 4 is 17.5 Å². The number of aromatic nitrogens is 2. The van der Waals surface area contributed by atoms with Gasteiger partial charge in [-0.3, -0.25) is 4.79 Å². The fraction of sp³-hybridized carbons (Fsp3) is 0.450. The van der Waals surface area contributed by atoms with Crippen molar-refractivity contribution in [1.82, 2.24) is 9.97 Å². The minimum Gasteiger partial charge on any atom is -0.354 e. The van der Waals surface area contributed by atoms with Gasteiger partial charge in [0.2, 0.25) is 5.95 Å². The maximum absolute atomic E-state index is 12.7. The smallest absolute Gasteiger partial charge is 0.274 e. The van der Waals surface area contributed by atoms with E-state index in [0.717, 1.165) is 23.5 Å². The zero-order valence-corrected chi connectivity index (χ0v) is 16.0. The lowest BCUT2D eigenvalue weighted by Gasteiger charge is -2.23. The molecule has 134 valence electrons. The monoisotopic (exact) mass is 340 g/mol. The number of carbonyl (C=O) groups is 1. The average molecular weight is 340 g/mol. The van der Waals surface area contributed by atoms with Gasteiger partial charge in [0.05, 0.1) is 0 Å². The van der Waals surface area contributed by atoms with E-state index in [1.807, 2.05) is 31.2 Å². The Kier molecular flexibility index (Phi) is 5.77. The second-order valence-electron chi connectivity index (χ2n) is 7.74. The van der Waals surface area contributed by atoms with Crippen LogP contribution in [0, 0.1) is 12.8 Å². The molecule has 0 saturated heterocycles. The Hall–Kier alpha value is -2.43. The number of nitrogens with one attached hydrogen (secondary N) is 2. The summed E-state index contributed by atoms with van der Waals surface area (Å²) in [4.78, 5) is 21.4. The molecule has 0 unspecified atom stereocenters. The van der Waals surface area contributed by atoms with Crippen LogP contribution in [0.5, 0.6) is 0 Å². The number of carbonyl (C=O) groups excluding carboxylic acids is 1. The van der Waals surface area contributed by atoms with Crippen molar-refractivity contribution in [2.45, 2.75) is 47.0 Å². The van der Waals surface area contributed by atoms with E-state index >= 15 is 0 Å². The van der Waals surface area contributed by atoms with Crippen LogP contribution in [0.4, 0.5) is 11.6 Å². The average Bonchev–Trinajstić information content (AvgIpc) is 2.52. The quantitative estimate of drug-likeness (QED) is 0.846. The normalized spacial score (nSPS) is 11.5. The number of hydrogen-bond donors (Lipinski definition) is 2. The molecule has 2 rings (SSSR count). The van der Waals surface area contributed by atoms with Gasteiger partial charge in [-0.2, -0.15) is 0 Å². The maximum atomic E-state index is 12.7. The number of nitrogens with zero attached hydrogens (tertiary/aromatic N) is 2. The van der Waals surface area contributed by atoms with Gasteiger partial charge >= 0.3 is 0 Å². The van der Waals surface area contributed by atoms with Crippen molar-refractivity contribution < 1.29 is 4.79 Å². The summed E-state index contributed by atoms with van der Waals surface area (Å²) < 4.78 is 0. The molecule has 0 bridgehead atoms. The number of anilines is 2. The highest BCUT2D eigenvalue weighted by Crippen LogP contribution is 2.29. The molecule has 5 nitrogen and oxygen atoms in total. The molecule has 2 N–H and O–H groups in total. The molecule has 0 aliphatic carbocycles. The second kappa shape index (κ2) is 7.64. The largest absolute Gasteiger partial charge is 0.354 e. The first-order chi connectivity index (χ1) is 11.7. The summed E-state index contributed by atoms with van der Waals surface area (Å²) in [5, 5.41) is 6.17. The van der Waals surface area contributed by atoms with Crippen molar-refractivity contribution in [2.75, 3.05) is 17.2 Å². The Balaban J connectivity index is 2.25. The van der Waals surface area contributed by atoms with Crippen molar-refractivity contribution in [3.63, 3.8) is 0 Å². The predicted molar refractivity (Wildman–Crippen MR) is 103 cm³/mol. The first-order valence-corrected chi connectivity index (χ1v) is 8.67. The number of aryl methyl sites for hydroxylation is 1. The van der Waals surface area contributed by atoms with Crippen LogP contribution in [0.25, 0.3) is 0 Å². The molecular formula is C20H28N4O. The Morgan fingerprint density at radius 1 is 1.16 bits per heavy atom. The minimum absolute atomic E-state index is 0.0601. The number of para-hydroxylation sites is 1. The summed E-state index contributed by atoms with van der Waals surface area (Å²) in [6.45, 7) is 13.2. The lowest BCUT2D eigenvalue weighted by molar-refractivity contribution is 0.102. The molecule has 1 aromatic heterocycles. The van der Waals surface area contributed by atoms with Crippen LogP contribution in [-0.4, -0.2) is 22.4 Å². The molecule has 0 radical (unpaired) electrons. The van der Waals surface area contributed by atoms with E-state index in [-0.39, 0.29) is 11.3 Å². The van der Waals surface area contributed by atoms with E-state index < -0.39 is 0 Å². The zero-order valence-electron chi connectivity index (χ0n) is 16.0. The van der Waals surface area contributed by atoms with Gasteiger partial charge in [0.25, 0.3) is 5.91 Å². The van der Waals surface area contributed by atoms with Crippen LogP contribution in [0.3, 0.4) is 0 Å². The summed E-state index contributed by atoms with van der Waals surface area (Å²) in [7, 11) is 0. The third-order valence-electron chi connectivity index (χ3n) is 3.74. The predicted octanol–water partition coefficient (Wildman–Crippen LogP) is 4.40. The molecule has 5 heteroatoms. The lowest BCUT2D eigenvalue weighted by atomic mass is 9.86. The molecule has 1 amide bonds. The van der Waals surface area contributed by atoms with Gasteiger partial charge in [-0.1, -0.05) is 52.8 Å². The SMILES string of the molecule is Cc1cc(C(=O)Nc2ccccc2C(C)(C)C)nc(NCC(C)C)n1. The van der Waals surface area contributed by atoms with Gasteiger partial charge in [-0.05, 0) is 36.0 Å². The minimum atomic E-state index is -0.227. The third-order valence-corrected chi connectivity index (χ3v) is 3.74. The number of hydrogen-bond acceptors (Lipinski definition) is 4. The maximum Gasteiger partial charge on any atom is 0.274 e. The van der Waals surface area contributed by atoms with Gasteiger partial charge in [-0.25, -0.2) is 9.97 Å². The van der Waals surface area contributed by atoms with Crippen LogP contribution in [-0.2, 0) is 5.41 Å². The summed E-state index contributed by atoms with van der Waals surface area (Å²) in [6.07, 6.45) is 0. The van der Waals surface area contributed by atoms with Crippen LogP contribution >= 0.6 is 0 Å². The van der Waals surface area contributed by atoms with Crippen molar-refractivity contribution in [3.8, 4) is 0 Å². The molecule has 1 heterocycles. The highest BCUT2D eigenvalue weighted by molar-refractivity contribution is 6.03. The molecule has 25 heavy (non-hydrogen) atoms. The Morgan fingerprint density at radius 3 is 2.48 bits per heavy atom. The highest BCUT2D eigenvalue weighted by atomic mass is 16.1. The Morgan fingerprint density at radius 2 is 1.84 bits per heavy atom. The topological polar surface area (TPSA) is 66.9 Å². The molecular weight excluding hydrogens is 312 g/mol. The summed E-state index contributed by atoms with van der Waals surface area (Å²) >= 11 is 0. The van der Waals surface area contributed by atoms with E-state index in [0.29, 0.717) is 17.6 Å². The van der Waals surface area contributed by atoms with Crippen molar-refractivity contribution in [2.24, 2.45) is 5.92 Å². The molecule has 0 fully saturated rings. The molecule has 0 saturated carbocycles. The lowest BCUT2D eigenvalue weighted by Crippen LogP contribution is -2.20. The molecule has 0 aliphatic heterocycles. The van der Waals surface area contributed by atoms with Gasteiger partial charge < -0.3 is 10.6 Å². The van der Waals surface area contributed by atoms with Crippen LogP contribution in [0.2, 0.25) is 0 Å². The van der Waals surface area contributed by atoms with Gasteiger partial charge in [0.15, 0.2) is 0 Å². The second-order valence-corrected chi connectivity index (χ2v) is 7.74. The summed E-state index contributed by atoms with van der Waals surface area (Å²) in [6, 6.07) is 9.57. The zero-order chi connectivity index (χ0) is 18.6.